The van der Waals surface area contributed by atoms with Crippen molar-refractivity contribution < 1.29 is 28.7 Å². The molecule has 3 fully saturated rings. The van der Waals surface area contributed by atoms with Crippen molar-refractivity contribution in [1.82, 2.24) is 0 Å². The number of carbonyl (C=O) groups excluding carboxylic acids is 4. The third kappa shape index (κ3) is 4.36. The van der Waals surface area contributed by atoms with Crippen LogP contribution in [0.3, 0.4) is 0 Å². The van der Waals surface area contributed by atoms with E-state index in [1.54, 1.807) is 54.3 Å². The second-order valence-corrected chi connectivity index (χ2v) is 9.71. The number of anilines is 2. The van der Waals surface area contributed by atoms with E-state index in [2.05, 4.69) is 0 Å². The molecule has 8 heteroatoms. The Morgan fingerprint density at radius 2 is 1.58 bits per heavy atom. The quantitative estimate of drug-likeness (QED) is 0.345. The average Bonchev–Trinajstić information content (AvgIpc) is 3.38. The van der Waals surface area contributed by atoms with Gasteiger partial charge in [0.2, 0.25) is 17.7 Å². The molecule has 8 nitrogen and oxygen atoms in total. The number of nitrogens with zero attached hydrogens (tertiary/aromatic N) is 2. The van der Waals surface area contributed by atoms with E-state index in [1.807, 2.05) is 6.92 Å². The first kappa shape index (κ1) is 24.0. The summed E-state index contributed by atoms with van der Waals surface area (Å²) in [5.41, 5.74) is 1.93. The van der Waals surface area contributed by atoms with Crippen molar-refractivity contribution in [3.8, 4) is 11.5 Å². The van der Waals surface area contributed by atoms with Crippen LogP contribution >= 0.6 is 0 Å². The molecule has 2 heterocycles. The lowest BCUT2D eigenvalue weighted by atomic mass is 9.81. The van der Waals surface area contributed by atoms with Crippen LogP contribution in [0.4, 0.5) is 11.4 Å². The number of aryl methyl sites for hydroxylation is 1. The van der Waals surface area contributed by atoms with Crippen LogP contribution in [-0.4, -0.2) is 36.8 Å². The number of ether oxygens (including phenoxy) is 2. The lowest BCUT2D eigenvalue weighted by molar-refractivity contribution is -0.139. The molecule has 2 aliphatic heterocycles. The van der Waals surface area contributed by atoms with Crippen molar-refractivity contribution in [2.75, 3.05) is 23.0 Å². The van der Waals surface area contributed by atoms with Crippen molar-refractivity contribution in [1.29, 1.82) is 0 Å². The van der Waals surface area contributed by atoms with E-state index in [-0.39, 0.29) is 42.5 Å². The third-order valence-electron chi connectivity index (χ3n) is 7.39. The number of carbonyl (C=O) groups is 4. The second kappa shape index (κ2) is 9.76. The topological polar surface area (TPSA) is 93.2 Å². The molecule has 1 saturated carbocycles. The van der Waals surface area contributed by atoms with E-state index in [0.29, 0.717) is 29.3 Å². The van der Waals surface area contributed by atoms with Crippen LogP contribution < -0.4 is 19.3 Å². The fourth-order valence-corrected chi connectivity index (χ4v) is 5.55. The van der Waals surface area contributed by atoms with Gasteiger partial charge >= 0.3 is 5.97 Å². The Morgan fingerprint density at radius 1 is 0.944 bits per heavy atom. The van der Waals surface area contributed by atoms with E-state index >= 15 is 0 Å². The van der Waals surface area contributed by atoms with E-state index in [0.717, 1.165) is 31.4 Å². The summed E-state index contributed by atoms with van der Waals surface area (Å²) in [7, 11) is 0. The van der Waals surface area contributed by atoms with Gasteiger partial charge in [-0.05, 0) is 74.7 Å². The lowest BCUT2D eigenvalue weighted by Crippen LogP contribution is -2.31. The van der Waals surface area contributed by atoms with Crippen molar-refractivity contribution >= 4 is 35.1 Å². The molecule has 2 aromatic rings. The molecular weight excluding hydrogens is 460 g/mol. The number of hydrogen-bond donors (Lipinski definition) is 0. The smallest absolute Gasteiger partial charge is 0.316 e. The van der Waals surface area contributed by atoms with Crippen molar-refractivity contribution in [3.63, 3.8) is 0 Å². The van der Waals surface area contributed by atoms with Crippen molar-refractivity contribution in [3.05, 3.63) is 48.0 Å². The standard InChI is InChI=1S/C28H30N2O6/c1-3-35-20-10-8-19(9-11-20)29-16-18(15-25(29)31)28(34)36-21-12-13-24(17(2)14-21)30-26(32)22-6-4-5-7-23(22)27(30)33/h8-14,18,22-23H,3-7,15-16H2,1-2H3/t18-,22-,23+/m0/s1. The summed E-state index contributed by atoms with van der Waals surface area (Å²) in [4.78, 5) is 54.2. The molecule has 5 rings (SSSR count). The Hall–Kier alpha value is -3.68. The predicted molar refractivity (Wildman–Crippen MR) is 133 cm³/mol. The molecule has 2 saturated heterocycles. The summed E-state index contributed by atoms with van der Waals surface area (Å²) in [6.45, 7) is 4.49. The van der Waals surface area contributed by atoms with Gasteiger partial charge in [0.25, 0.3) is 0 Å². The van der Waals surface area contributed by atoms with Gasteiger partial charge in [-0.1, -0.05) is 12.8 Å². The van der Waals surface area contributed by atoms with Gasteiger partial charge in [0, 0.05) is 18.7 Å². The lowest BCUT2D eigenvalue weighted by Gasteiger charge is -2.19. The van der Waals surface area contributed by atoms with Crippen LogP contribution in [0.25, 0.3) is 0 Å². The van der Waals surface area contributed by atoms with Gasteiger partial charge < -0.3 is 14.4 Å². The van der Waals surface area contributed by atoms with Crippen molar-refractivity contribution in [2.24, 2.45) is 17.8 Å². The highest BCUT2D eigenvalue weighted by Gasteiger charge is 2.49. The zero-order valence-electron chi connectivity index (χ0n) is 20.6. The highest BCUT2D eigenvalue weighted by Crippen LogP contribution is 2.41. The molecule has 1 aliphatic carbocycles. The van der Waals surface area contributed by atoms with Gasteiger partial charge in [-0.3, -0.25) is 19.2 Å². The monoisotopic (exact) mass is 490 g/mol. The minimum atomic E-state index is -0.589. The molecule has 188 valence electrons. The SMILES string of the molecule is CCOc1ccc(N2C[C@@H](C(=O)Oc3ccc(N4C(=O)[C@H]5CCCC[C@H]5C4=O)c(C)c3)CC2=O)cc1. The van der Waals surface area contributed by atoms with Gasteiger partial charge in [0.1, 0.15) is 11.5 Å². The van der Waals surface area contributed by atoms with Crippen LogP contribution in [0, 0.1) is 24.7 Å². The number of imide groups is 1. The molecular formula is C28H30N2O6. The second-order valence-electron chi connectivity index (χ2n) is 9.71. The maximum Gasteiger partial charge on any atom is 0.316 e. The Bertz CT molecular complexity index is 1180. The number of hydrogen-bond acceptors (Lipinski definition) is 6. The molecule has 0 radical (unpaired) electrons. The number of rotatable bonds is 6. The molecule has 3 atom stereocenters. The van der Waals surface area contributed by atoms with E-state index in [1.165, 1.54) is 4.90 Å². The average molecular weight is 491 g/mol. The van der Waals surface area contributed by atoms with Gasteiger partial charge in [-0.25, -0.2) is 4.90 Å². The first-order valence-corrected chi connectivity index (χ1v) is 12.6. The molecule has 0 aromatic heterocycles. The minimum Gasteiger partial charge on any atom is -0.494 e. The molecule has 0 unspecified atom stereocenters. The van der Waals surface area contributed by atoms with Crippen LogP contribution in [0.15, 0.2) is 42.5 Å². The largest absolute Gasteiger partial charge is 0.494 e. The number of esters is 1. The molecule has 0 spiro atoms. The summed E-state index contributed by atoms with van der Waals surface area (Å²) in [5, 5.41) is 0. The molecule has 2 aromatic carbocycles. The zero-order chi connectivity index (χ0) is 25.4. The van der Waals surface area contributed by atoms with Gasteiger partial charge in [-0.15, -0.1) is 0 Å². The normalized spacial score (nSPS) is 23.7. The first-order valence-electron chi connectivity index (χ1n) is 12.6. The molecule has 3 amide bonds. The summed E-state index contributed by atoms with van der Waals surface area (Å²) < 4.78 is 11.0. The van der Waals surface area contributed by atoms with E-state index in [9.17, 15) is 19.2 Å². The summed E-state index contributed by atoms with van der Waals surface area (Å²) in [5.74, 6) is -0.864. The minimum absolute atomic E-state index is 0.0721. The van der Waals surface area contributed by atoms with Crippen LogP contribution in [-0.2, 0) is 19.2 Å². The van der Waals surface area contributed by atoms with Crippen LogP contribution in [0.1, 0.15) is 44.6 Å². The Labute approximate surface area is 210 Å². The van der Waals surface area contributed by atoms with Gasteiger partial charge in [0.15, 0.2) is 0 Å². The van der Waals surface area contributed by atoms with Gasteiger partial charge in [0.05, 0.1) is 30.0 Å². The van der Waals surface area contributed by atoms with E-state index in [4.69, 9.17) is 9.47 Å². The van der Waals surface area contributed by atoms with Crippen LogP contribution in [0.5, 0.6) is 11.5 Å². The maximum atomic E-state index is 12.9. The molecule has 0 N–H and O–H groups in total. The Kier molecular flexibility index (Phi) is 6.51. The predicted octanol–water partition coefficient (Wildman–Crippen LogP) is 4.03. The number of fused-ring (bicyclic) bond motifs is 1. The fraction of sp³-hybridized carbons (Fsp3) is 0.429. The highest BCUT2D eigenvalue weighted by molar-refractivity contribution is 6.22. The molecule has 3 aliphatic rings. The Balaban J connectivity index is 1.25. The first-order chi connectivity index (χ1) is 17.4. The number of amides is 3. The Morgan fingerprint density at radius 3 is 2.19 bits per heavy atom. The van der Waals surface area contributed by atoms with Crippen LogP contribution in [0.2, 0.25) is 0 Å². The third-order valence-corrected chi connectivity index (χ3v) is 7.39. The van der Waals surface area contributed by atoms with E-state index < -0.39 is 11.9 Å². The van der Waals surface area contributed by atoms with Gasteiger partial charge in [-0.2, -0.15) is 0 Å². The number of benzene rings is 2. The molecule has 0 bridgehead atoms. The fourth-order valence-electron chi connectivity index (χ4n) is 5.55. The summed E-state index contributed by atoms with van der Waals surface area (Å²) in [6, 6.07) is 12.1. The maximum absolute atomic E-state index is 12.9. The highest BCUT2D eigenvalue weighted by atomic mass is 16.5. The summed E-state index contributed by atoms with van der Waals surface area (Å²) in [6.07, 6.45) is 3.54. The summed E-state index contributed by atoms with van der Waals surface area (Å²) >= 11 is 0. The van der Waals surface area contributed by atoms with Crippen molar-refractivity contribution in [2.45, 2.75) is 46.0 Å². The molecule has 36 heavy (non-hydrogen) atoms. The zero-order valence-corrected chi connectivity index (χ0v) is 20.6.